The summed E-state index contributed by atoms with van der Waals surface area (Å²) in [5.41, 5.74) is 1.04. The Morgan fingerprint density at radius 2 is 2.11 bits per heavy atom. The van der Waals surface area contributed by atoms with Gasteiger partial charge in [0.25, 0.3) is 0 Å². The zero-order chi connectivity index (χ0) is 13.8. The van der Waals surface area contributed by atoms with Crippen molar-refractivity contribution in [1.29, 1.82) is 0 Å². The summed E-state index contributed by atoms with van der Waals surface area (Å²) < 4.78 is 5.10. The van der Waals surface area contributed by atoms with Crippen LogP contribution in [0.3, 0.4) is 0 Å². The molecular formula is C14H17NO4. The topological polar surface area (TPSA) is 75.6 Å². The maximum Gasteiger partial charge on any atom is 0.303 e. The van der Waals surface area contributed by atoms with E-state index in [0.717, 1.165) is 11.3 Å². The van der Waals surface area contributed by atoms with E-state index >= 15 is 0 Å². The summed E-state index contributed by atoms with van der Waals surface area (Å²) in [5, 5.41) is 11.6. The van der Waals surface area contributed by atoms with E-state index in [1.165, 1.54) is 0 Å². The summed E-state index contributed by atoms with van der Waals surface area (Å²) in [5.74, 6) is -0.0493. The highest BCUT2D eigenvalue weighted by atomic mass is 16.5. The molecule has 0 saturated carbocycles. The van der Waals surface area contributed by atoms with Gasteiger partial charge in [-0.25, -0.2) is 0 Å². The summed E-state index contributed by atoms with van der Waals surface area (Å²) in [7, 11) is 1.60. The molecule has 0 spiro atoms. The Morgan fingerprint density at radius 3 is 2.68 bits per heavy atom. The highest BCUT2D eigenvalue weighted by Gasteiger charge is 2.33. The lowest BCUT2D eigenvalue weighted by Gasteiger charge is -2.18. The van der Waals surface area contributed by atoms with Crippen LogP contribution in [0.2, 0.25) is 0 Å². The molecule has 0 aliphatic carbocycles. The third-order valence-electron chi connectivity index (χ3n) is 3.45. The number of ether oxygens (including phenoxy) is 1. The molecule has 1 fully saturated rings. The van der Waals surface area contributed by atoms with E-state index in [-0.39, 0.29) is 24.3 Å². The van der Waals surface area contributed by atoms with Gasteiger partial charge in [0.05, 0.1) is 7.11 Å². The minimum atomic E-state index is -0.838. The van der Waals surface area contributed by atoms with Gasteiger partial charge in [0.15, 0.2) is 0 Å². The lowest BCUT2D eigenvalue weighted by Crippen LogP contribution is -2.28. The molecular weight excluding hydrogens is 246 g/mol. The average molecular weight is 263 g/mol. The summed E-state index contributed by atoms with van der Waals surface area (Å²) in [6.07, 6.45) is 0.936. The van der Waals surface area contributed by atoms with E-state index in [2.05, 4.69) is 5.32 Å². The van der Waals surface area contributed by atoms with Crippen LogP contribution in [0.1, 0.15) is 30.7 Å². The first-order valence-corrected chi connectivity index (χ1v) is 6.25. The van der Waals surface area contributed by atoms with E-state index < -0.39 is 5.97 Å². The van der Waals surface area contributed by atoms with Crippen molar-refractivity contribution in [3.05, 3.63) is 29.8 Å². The van der Waals surface area contributed by atoms with Crippen molar-refractivity contribution in [2.24, 2.45) is 0 Å². The molecule has 102 valence electrons. The summed E-state index contributed by atoms with van der Waals surface area (Å²) in [4.78, 5) is 22.2. The van der Waals surface area contributed by atoms with Crippen LogP contribution in [-0.2, 0) is 9.59 Å². The number of hydrogen-bond donors (Lipinski definition) is 2. The first-order chi connectivity index (χ1) is 9.10. The van der Waals surface area contributed by atoms with Crippen molar-refractivity contribution in [2.75, 3.05) is 7.11 Å². The number of carboxylic acids is 1. The minimum absolute atomic E-state index is 0.0174. The molecule has 5 heteroatoms. The van der Waals surface area contributed by atoms with Gasteiger partial charge in [-0.15, -0.1) is 0 Å². The van der Waals surface area contributed by atoms with E-state index in [4.69, 9.17) is 9.84 Å². The fraction of sp³-hybridized carbons (Fsp3) is 0.429. The molecule has 0 radical (unpaired) electrons. The normalized spacial score (nSPS) is 22.1. The van der Waals surface area contributed by atoms with Gasteiger partial charge in [0.2, 0.25) is 5.91 Å². The van der Waals surface area contributed by atoms with Crippen molar-refractivity contribution in [3.63, 3.8) is 0 Å². The zero-order valence-corrected chi connectivity index (χ0v) is 10.8. The lowest BCUT2D eigenvalue weighted by molar-refractivity contribution is -0.137. The molecule has 0 bridgehead atoms. The van der Waals surface area contributed by atoms with Crippen LogP contribution >= 0.6 is 0 Å². The second-order valence-corrected chi connectivity index (χ2v) is 4.69. The number of nitrogens with one attached hydrogen (secondary N) is 1. The molecule has 1 aromatic rings. The molecule has 1 aliphatic heterocycles. The lowest BCUT2D eigenvalue weighted by atomic mass is 9.89. The molecule has 1 aliphatic rings. The second kappa shape index (κ2) is 5.73. The fourth-order valence-electron chi connectivity index (χ4n) is 2.46. The van der Waals surface area contributed by atoms with Gasteiger partial charge in [-0.1, -0.05) is 12.1 Å². The van der Waals surface area contributed by atoms with E-state index in [9.17, 15) is 9.59 Å². The highest BCUT2D eigenvalue weighted by Crippen LogP contribution is 2.31. The Labute approximate surface area is 111 Å². The first kappa shape index (κ1) is 13.4. The monoisotopic (exact) mass is 263 g/mol. The number of carbonyl (C=O) groups is 2. The average Bonchev–Trinajstić information content (AvgIpc) is 2.78. The molecule has 1 heterocycles. The molecule has 2 atom stereocenters. The van der Waals surface area contributed by atoms with E-state index in [1.54, 1.807) is 7.11 Å². The number of amides is 1. The summed E-state index contributed by atoms with van der Waals surface area (Å²) >= 11 is 0. The molecule has 1 aromatic carbocycles. The van der Waals surface area contributed by atoms with Crippen molar-refractivity contribution in [2.45, 2.75) is 31.2 Å². The number of carbonyl (C=O) groups excluding carboxylic acids is 1. The van der Waals surface area contributed by atoms with Gasteiger partial charge in [-0.3, -0.25) is 9.59 Å². The third-order valence-corrected chi connectivity index (χ3v) is 3.45. The Hall–Kier alpha value is -2.04. The first-order valence-electron chi connectivity index (χ1n) is 6.25. The van der Waals surface area contributed by atoms with Crippen LogP contribution in [0.15, 0.2) is 24.3 Å². The number of rotatable bonds is 5. The van der Waals surface area contributed by atoms with Crippen LogP contribution in [-0.4, -0.2) is 30.1 Å². The molecule has 19 heavy (non-hydrogen) atoms. The fourth-order valence-corrected chi connectivity index (χ4v) is 2.46. The quantitative estimate of drug-likeness (QED) is 0.844. The maximum atomic E-state index is 11.5. The number of benzene rings is 1. The van der Waals surface area contributed by atoms with Gasteiger partial charge in [0.1, 0.15) is 5.75 Å². The standard InChI is InChI=1S/C14H17NO4/c1-19-10-4-2-9(3-5-10)11-8-13(16)15-12(11)6-7-14(17)18/h2-5,11-12H,6-8H2,1H3,(H,15,16)(H,17,18). The van der Waals surface area contributed by atoms with Crippen molar-refractivity contribution < 1.29 is 19.4 Å². The Balaban J connectivity index is 2.10. The van der Waals surface area contributed by atoms with Crippen molar-refractivity contribution in [3.8, 4) is 5.75 Å². The number of carboxylic acid groups (broad SMARTS) is 1. The molecule has 1 saturated heterocycles. The van der Waals surface area contributed by atoms with E-state index in [0.29, 0.717) is 12.8 Å². The predicted octanol–water partition coefficient (Wildman–Crippen LogP) is 1.53. The minimum Gasteiger partial charge on any atom is -0.497 e. The molecule has 2 unspecified atom stereocenters. The maximum absolute atomic E-state index is 11.5. The Bertz CT molecular complexity index is 469. The third kappa shape index (κ3) is 3.24. The summed E-state index contributed by atoms with van der Waals surface area (Å²) in [6, 6.07) is 7.46. The highest BCUT2D eigenvalue weighted by molar-refractivity contribution is 5.80. The largest absolute Gasteiger partial charge is 0.497 e. The number of methoxy groups -OCH3 is 1. The molecule has 2 N–H and O–H groups in total. The van der Waals surface area contributed by atoms with Crippen LogP contribution in [0.5, 0.6) is 5.75 Å². The van der Waals surface area contributed by atoms with Gasteiger partial charge in [0, 0.05) is 24.8 Å². The number of aliphatic carboxylic acids is 1. The predicted molar refractivity (Wildman–Crippen MR) is 69.2 cm³/mol. The van der Waals surface area contributed by atoms with Crippen LogP contribution in [0, 0.1) is 0 Å². The van der Waals surface area contributed by atoms with Crippen LogP contribution in [0.4, 0.5) is 0 Å². The zero-order valence-electron chi connectivity index (χ0n) is 10.8. The van der Waals surface area contributed by atoms with Gasteiger partial charge in [-0.05, 0) is 24.1 Å². The van der Waals surface area contributed by atoms with Crippen molar-refractivity contribution >= 4 is 11.9 Å². The summed E-state index contributed by atoms with van der Waals surface area (Å²) in [6.45, 7) is 0. The number of hydrogen-bond acceptors (Lipinski definition) is 3. The second-order valence-electron chi connectivity index (χ2n) is 4.69. The molecule has 5 nitrogen and oxygen atoms in total. The Kier molecular flexibility index (Phi) is 4.04. The molecule has 2 rings (SSSR count). The van der Waals surface area contributed by atoms with Crippen molar-refractivity contribution in [1.82, 2.24) is 5.32 Å². The molecule has 0 aromatic heterocycles. The van der Waals surface area contributed by atoms with E-state index in [1.807, 2.05) is 24.3 Å². The Morgan fingerprint density at radius 1 is 1.42 bits per heavy atom. The van der Waals surface area contributed by atoms with Crippen LogP contribution in [0.25, 0.3) is 0 Å². The van der Waals surface area contributed by atoms with Gasteiger partial charge in [-0.2, -0.15) is 0 Å². The van der Waals surface area contributed by atoms with Gasteiger partial charge < -0.3 is 15.2 Å². The smallest absolute Gasteiger partial charge is 0.303 e. The SMILES string of the molecule is COc1ccc(C2CC(=O)NC2CCC(=O)O)cc1. The van der Waals surface area contributed by atoms with Crippen LogP contribution < -0.4 is 10.1 Å². The molecule has 1 amide bonds. The van der Waals surface area contributed by atoms with Gasteiger partial charge >= 0.3 is 5.97 Å².